The van der Waals surface area contributed by atoms with Crippen LogP contribution in [0.3, 0.4) is 0 Å². The highest BCUT2D eigenvalue weighted by atomic mass is 15.3. The zero-order valence-electron chi connectivity index (χ0n) is 12.7. The highest BCUT2D eigenvalue weighted by Crippen LogP contribution is 2.28. The van der Waals surface area contributed by atoms with Gasteiger partial charge >= 0.3 is 0 Å². The lowest BCUT2D eigenvalue weighted by atomic mass is 10.0. The molecule has 1 aromatic carbocycles. The van der Waals surface area contributed by atoms with Crippen LogP contribution in [0, 0.1) is 6.92 Å². The molecule has 0 amide bonds. The number of nitrogens with zero attached hydrogens (tertiary/aromatic N) is 3. The van der Waals surface area contributed by atoms with Gasteiger partial charge in [-0.3, -0.25) is 5.10 Å². The molecule has 2 aromatic rings. The highest BCUT2D eigenvalue weighted by molar-refractivity contribution is 5.93. The number of aryl methyl sites for hydroxylation is 2. The van der Waals surface area contributed by atoms with Crippen molar-refractivity contribution in [1.82, 2.24) is 15.1 Å². The van der Waals surface area contributed by atoms with Crippen LogP contribution in [0.25, 0.3) is 10.9 Å². The molecule has 20 heavy (non-hydrogen) atoms. The van der Waals surface area contributed by atoms with E-state index in [1.165, 1.54) is 22.0 Å². The lowest BCUT2D eigenvalue weighted by Gasteiger charge is -2.34. The number of H-pyrrole nitrogens is 1. The van der Waals surface area contributed by atoms with E-state index < -0.39 is 0 Å². The number of rotatable bonds is 3. The predicted octanol–water partition coefficient (Wildman–Crippen LogP) is 2.58. The summed E-state index contributed by atoms with van der Waals surface area (Å²) in [7, 11) is 0. The lowest BCUT2D eigenvalue weighted by molar-refractivity contribution is 0.270. The van der Waals surface area contributed by atoms with Gasteiger partial charge in [-0.05, 0) is 37.1 Å². The quantitative estimate of drug-likeness (QED) is 0.932. The average molecular weight is 272 g/mol. The second kappa shape index (κ2) is 5.44. The van der Waals surface area contributed by atoms with Crippen LogP contribution in [0.4, 0.5) is 5.82 Å². The van der Waals surface area contributed by atoms with E-state index in [9.17, 15) is 0 Å². The first-order valence-corrected chi connectivity index (χ1v) is 7.67. The van der Waals surface area contributed by atoms with Crippen LogP contribution in [0.1, 0.15) is 25.0 Å². The number of aromatic nitrogens is 2. The van der Waals surface area contributed by atoms with E-state index in [1.807, 2.05) is 0 Å². The summed E-state index contributed by atoms with van der Waals surface area (Å²) in [5, 5.41) is 9.14. The van der Waals surface area contributed by atoms with Crippen molar-refractivity contribution in [2.75, 3.05) is 37.6 Å². The summed E-state index contributed by atoms with van der Waals surface area (Å²) in [6.07, 6.45) is 1.05. The fraction of sp³-hybridized carbons (Fsp3) is 0.562. The molecule has 4 heteroatoms. The van der Waals surface area contributed by atoms with E-state index in [-0.39, 0.29) is 0 Å². The third-order valence-corrected chi connectivity index (χ3v) is 4.38. The zero-order chi connectivity index (χ0) is 14.1. The van der Waals surface area contributed by atoms with Crippen LogP contribution in [0.15, 0.2) is 12.1 Å². The van der Waals surface area contributed by atoms with Crippen molar-refractivity contribution in [3.05, 3.63) is 23.3 Å². The minimum absolute atomic E-state index is 1.05. The maximum Gasteiger partial charge on any atom is 0.158 e. The summed E-state index contributed by atoms with van der Waals surface area (Å²) in [6, 6.07) is 4.53. The number of piperazine rings is 1. The van der Waals surface area contributed by atoms with Crippen molar-refractivity contribution in [2.45, 2.75) is 27.2 Å². The minimum Gasteiger partial charge on any atom is -0.352 e. The summed E-state index contributed by atoms with van der Waals surface area (Å²) in [5.41, 5.74) is 3.90. The topological polar surface area (TPSA) is 35.2 Å². The van der Waals surface area contributed by atoms with Crippen LogP contribution in [-0.4, -0.2) is 47.8 Å². The molecule has 2 heterocycles. The van der Waals surface area contributed by atoms with Crippen molar-refractivity contribution in [2.24, 2.45) is 0 Å². The average Bonchev–Trinajstić information content (AvgIpc) is 2.90. The summed E-state index contributed by atoms with van der Waals surface area (Å²) < 4.78 is 0. The molecule has 0 aliphatic carbocycles. The van der Waals surface area contributed by atoms with Crippen LogP contribution in [0.5, 0.6) is 0 Å². The number of nitrogens with one attached hydrogen (secondary N) is 1. The number of fused-ring (bicyclic) bond motifs is 1. The molecule has 1 N–H and O–H groups in total. The molecule has 108 valence electrons. The van der Waals surface area contributed by atoms with Crippen molar-refractivity contribution >= 4 is 16.7 Å². The van der Waals surface area contributed by atoms with Gasteiger partial charge in [0.25, 0.3) is 0 Å². The van der Waals surface area contributed by atoms with Crippen LogP contribution >= 0.6 is 0 Å². The minimum atomic E-state index is 1.05. The summed E-state index contributed by atoms with van der Waals surface area (Å²) in [5.74, 6) is 1.13. The fourth-order valence-electron chi connectivity index (χ4n) is 3.13. The van der Waals surface area contributed by atoms with E-state index in [1.54, 1.807) is 0 Å². The van der Waals surface area contributed by atoms with Gasteiger partial charge in [-0.2, -0.15) is 5.10 Å². The van der Waals surface area contributed by atoms with Gasteiger partial charge in [0.2, 0.25) is 0 Å². The van der Waals surface area contributed by atoms with Gasteiger partial charge in [-0.15, -0.1) is 0 Å². The Morgan fingerprint density at radius 1 is 1.15 bits per heavy atom. The molecule has 3 rings (SSSR count). The molecule has 0 spiro atoms. The normalized spacial score (nSPS) is 17.1. The smallest absolute Gasteiger partial charge is 0.158 e. The lowest BCUT2D eigenvalue weighted by Crippen LogP contribution is -2.46. The molecular weight excluding hydrogens is 248 g/mol. The maximum atomic E-state index is 4.60. The Morgan fingerprint density at radius 2 is 1.90 bits per heavy atom. The fourth-order valence-corrected chi connectivity index (χ4v) is 3.13. The molecule has 0 radical (unpaired) electrons. The second-order valence-corrected chi connectivity index (χ2v) is 5.67. The number of hydrogen-bond acceptors (Lipinski definition) is 3. The number of hydrogen-bond donors (Lipinski definition) is 1. The zero-order valence-corrected chi connectivity index (χ0v) is 12.7. The van der Waals surface area contributed by atoms with Crippen LogP contribution in [0.2, 0.25) is 0 Å². The first-order chi connectivity index (χ1) is 9.72. The van der Waals surface area contributed by atoms with E-state index in [0.717, 1.165) is 45.0 Å². The third kappa shape index (κ3) is 2.29. The standard InChI is InChI=1S/C16H24N4/c1-4-13-10-12(3)11-14-15(13)17-18-16(14)20-8-6-19(5-2)7-9-20/h10-11H,4-9H2,1-3H3,(H,17,18). The molecule has 1 aliphatic rings. The molecule has 1 aliphatic heterocycles. The van der Waals surface area contributed by atoms with Crippen LogP contribution in [-0.2, 0) is 6.42 Å². The Balaban J connectivity index is 1.95. The molecule has 1 fully saturated rings. The van der Waals surface area contributed by atoms with Crippen LogP contribution < -0.4 is 4.90 Å². The first-order valence-electron chi connectivity index (χ1n) is 7.67. The van der Waals surface area contributed by atoms with E-state index in [4.69, 9.17) is 0 Å². The van der Waals surface area contributed by atoms with Gasteiger partial charge in [0, 0.05) is 31.6 Å². The molecule has 4 nitrogen and oxygen atoms in total. The van der Waals surface area contributed by atoms with Crippen molar-refractivity contribution < 1.29 is 0 Å². The van der Waals surface area contributed by atoms with Crippen molar-refractivity contribution in [1.29, 1.82) is 0 Å². The Bertz CT molecular complexity index is 594. The van der Waals surface area contributed by atoms with Gasteiger partial charge in [0.05, 0.1) is 5.52 Å². The van der Waals surface area contributed by atoms with Crippen molar-refractivity contribution in [3.63, 3.8) is 0 Å². The Morgan fingerprint density at radius 3 is 2.55 bits per heavy atom. The summed E-state index contributed by atoms with van der Waals surface area (Å²) >= 11 is 0. The van der Waals surface area contributed by atoms with E-state index >= 15 is 0 Å². The van der Waals surface area contributed by atoms with Gasteiger partial charge in [-0.25, -0.2) is 0 Å². The molecule has 1 saturated heterocycles. The SMILES string of the molecule is CCc1cc(C)cc2c(N3CCN(CC)CC3)n[nH]c12. The molecule has 1 aromatic heterocycles. The van der Waals surface area contributed by atoms with E-state index in [2.05, 4.69) is 52.9 Å². The molecule has 0 saturated carbocycles. The maximum absolute atomic E-state index is 4.60. The number of likely N-dealkylation sites (N-methyl/N-ethyl adjacent to an activating group) is 1. The van der Waals surface area contributed by atoms with Crippen molar-refractivity contribution in [3.8, 4) is 0 Å². The largest absolute Gasteiger partial charge is 0.352 e. The second-order valence-electron chi connectivity index (χ2n) is 5.67. The Hall–Kier alpha value is -1.55. The van der Waals surface area contributed by atoms with Gasteiger partial charge in [-0.1, -0.05) is 19.9 Å². The summed E-state index contributed by atoms with van der Waals surface area (Å²) in [6.45, 7) is 12.2. The molecule has 0 atom stereocenters. The van der Waals surface area contributed by atoms with Gasteiger partial charge < -0.3 is 9.80 Å². The number of aromatic amines is 1. The molecule has 0 unspecified atom stereocenters. The van der Waals surface area contributed by atoms with E-state index in [0.29, 0.717) is 0 Å². The Labute approximate surface area is 120 Å². The number of anilines is 1. The highest BCUT2D eigenvalue weighted by Gasteiger charge is 2.20. The number of benzene rings is 1. The van der Waals surface area contributed by atoms with Gasteiger partial charge in [0.15, 0.2) is 5.82 Å². The first kappa shape index (κ1) is 13.4. The predicted molar refractivity (Wildman–Crippen MR) is 84.5 cm³/mol. The van der Waals surface area contributed by atoms with Gasteiger partial charge in [0.1, 0.15) is 0 Å². The summed E-state index contributed by atoms with van der Waals surface area (Å²) in [4.78, 5) is 4.91. The monoisotopic (exact) mass is 272 g/mol. The Kier molecular flexibility index (Phi) is 3.66. The molecule has 0 bridgehead atoms. The molecular formula is C16H24N4. The third-order valence-electron chi connectivity index (χ3n) is 4.38.